The second kappa shape index (κ2) is 6.31. The van der Waals surface area contributed by atoms with Gasteiger partial charge in [0.05, 0.1) is 12.2 Å². The zero-order valence-corrected chi connectivity index (χ0v) is 13.6. The highest BCUT2D eigenvalue weighted by Crippen LogP contribution is 2.26. The van der Waals surface area contributed by atoms with Crippen LogP contribution in [-0.4, -0.2) is 15.2 Å². The molecule has 0 radical (unpaired) electrons. The topological polar surface area (TPSA) is 63.8 Å². The molecule has 114 valence electrons. The zero-order valence-electron chi connectivity index (χ0n) is 12.0. The lowest BCUT2D eigenvalue weighted by molar-refractivity contribution is 0.568. The van der Waals surface area contributed by atoms with E-state index in [0.717, 1.165) is 22.0 Å². The molecule has 23 heavy (non-hydrogen) atoms. The van der Waals surface area contributed by atoms with Crippen LogP contribution in [0.25, 0.3) is 22.0 Å². The molecule has 0 amide bonds. The molecule has 5 nitrogen and oxygen atoms in total. The molecule has 0 aliphatic rings. The largest absolute Gasteiger partial charge is 0.423 e. The van der Waals surface area contributed by atoms with Crippen molar-refractivity contribution >= 4 is 28.4 Å². The minimum atomic E-state index is 0.516. The maximum Gasteiger partial charge on any atom is 0.247 e. The highest BCUT2D eigenvalue weighted by molar-refractivity contribution is 7.14. The summed E-state index contributed by atoms with van der Waals surface area (Å²) in [5.74, 6) is 0.516. The number of anilines is 1. The molecule has 3 aromatic heterocycles. The molecule has 7 heteroatoms. The fourth-order valence-electron chi connectivity index (χ4n) is 2.16. The van der Waals surface area contributed by atoms with E-state index >= 15 is 0 Å². The van der Waals surface area contributed by atoms with Crippen molar-refractivity contribution in [1.29, 1.82) is 0 Å². The Labute approximate surface area is 140 Å². The van der Waals surface area contributed by atoms with E-state index in [2.05, 4.69) is 42.7 Å². The van der Waals surface area contributed by atoms with E-state index in [-0.39, 0.29) is 0 Å². The number of nitrogens with zero attached hydrogens (tertiary/aromatic N) is 3. The molecule has 0 fully saturated rings. The van der Waals surface area contributed by atoms with E-state index in [1.807, 2.05) is 24.3 Å². The van der Waals surface area contributed by atoms with Gasteiger partial charge in [0.25, 0.3) is 0 Å². The number of rotatable bonds is 5. The third-order valence-corrected chi connectivity index (χ3v) is 4.89. The van der Waals surface area contributed by atoms with Crippen molar-refractivity contribution in [3.8, 4) is 22.0 Å². The monoisotopic (exact) mass is 340 g/mol. The summed E-state index contributed by atoms with van der Waals surface area (Å²) in [6, 6.07) is 9.98. The summed E-state index contributed by atoms with van der Waals surface area (Å²) in [5.41, 5.74) is 4.10. The lowest BCUT2D eigenvalue weighted by atomic mass is 10.2. The molecule has 0 aliphatic heterocycles. The summed E-state index contributed by atoms with van der Waals surface area (Å²) in [6.45, 7) is 0.675. The van der Waals surface area contributed by atoms with Crippen LogP contribution in [-0.2, 0) is 6.54 Å². The van der Waals surface area contributed by atoms with E-state index in [1.165, 1.54) is 12.0 Å². The number of nitrogens with one attached hydrogen (secondary N) is 1. The first-order valence-corrected chi connectivity index (χ1v) is 8.78. The summed E-state index contributed by atoms with van der Waals surface area (Å²) in [7, 11) is 0. The second-order valence-electron chi connectivity index (χ2n) is 4.83. The number of thiazole rings is 1. The molecule has 4 rings (SSSR count). The van der Waals surface area contributed by atoms with Crippen LogP contribution in [0.5, 0.6) is 0 Å². The molecule has 0 unspecified atom stereocenters. The summed E-state index contributed by atoms with van der Waals surface area (Å²) >= 11 is 3.35. The van der Waals surface area contributed by atoms with Crippen LogP contribution in [0.15, 0.2) is 57.3 Å². The quantitative estimate of drug-likeness (QED) is 0.578. The van der Waals surface area contributed by atoms with E-state index in [4.69, 9.17) is 4.42 Å². The average Bonchev–Trinajstić information content (AvgIpc) is 3.35. The average molecular weight is 340 g/mol. The van der Waals surface area contributed by atoms with Crippen molar-refractivity contribution in [2.45, 2.75) is 6.54 Å². The maximum absolute atomic E-state index is 5.22. The van der Waals surface area contributed by atoms with Gasteiger partial charge in [-0.1, -0.05) is 6.07 Å². The number of hydrogen-bond acceptors (Lipinski definition) is 7. The number of benzene rings is 1. The van der Waals surface area contributed by atoms with Crippen molar-refractivity contribution in [3.05, 3.63) is 58.6 Å². The van der Waals surface area contributed by atoms with Gasteiger partial charge in [-0.15, -0.1) is 21.5 Å². The van der Waals surface area contributed by atoms with Crippen LogP contribution in [0.2, 0.25) is 0 Å². The van der Waals surface area contributed by atoms with Crippen molar-refractivity contribution in [1.82, 2.24) is 15.2 Å². The Kier molecular flexibility index (Phi) is 3.87. The second-order valence-corrected chi connectivity index (χ2v) is 6.47. The van der Waals surface area contributed by atoms with Crippen LogP contribution in [0.3, 0.4) is 0 Å². The van der Waals surface area contributed by atoms with Gasteiger partial charge in [-0.25, -0.2) is 4.98 Å². The first-order valence-electron chi connectivity index (χ1n) is 6.96. The fraction of sp³-hybridized carbons (Fsp3) is 0.0625. The summed E-state index contributed by atoms with van der Waals surface area (Å²) in [4.78, 5) is 4.66. The van der Waals surface area contributed by atoms with Gasteiger partial charge in [0.1, 0.15) is 5.01 Å². The van der Waals surface area contributed by atoms with Gasteiger partial charge in [-0.05, 0) is 29.6 Å². The fourth-order valence-corrected chi connectivity index (χ4v) is 3.69. The summed E-state index contributed by atoms with van der Waals surface area (Å²) in [5, 5.41) is 18.3. The van der Waals surface area contributed by atoms with Gasteiger partial charge >= 0.3 is 0 Å². The van der Waals surface area contributed by atoms with Gasteiger partial charge in [0, 0.05) is 27.6 Å². The van der Waals surface area contributed by atoms with Crippen LogP contribution >= 0.6 is 22.7 Å². The van der Waals surface area contributed by atoms with Crippen molar-refractivity contribution in [3.63, 3.8) is 0 Å². The minimum absolute atomic E-state index is 0.516. The molecule has 0 saturated heterocycles. The molecule has 4 aromatic rings. The molecule has 1 aromatic carbocycles. The standard InChI is InChI=1S/C16H12N4OS2/c1-2-11(15-20-18-10-21-15)6-13(3-1)17-7-14-9-23-16(19-14)12-4-5-22-8-12/h1-6,8-10,17H,7H2. The molecule has 3 heterocycles. The summed E-state index contributed by atoms with van der Waals surface area (Å²) in [6.07, 6.45) is 1.33. The van der Waals surface area contributed by atoms with Crippen molar-refractivity contribution < 1.29 is 4.42 Å². The third-order valence-electron chi connectivity index (χ3n) is 3.26. The summed E-state index contributed by atoms with van der Waals surface area (Å²) < 4.78 is 5.22. The molecule has 0 aliphatic carbocycles. The van der Waals surface area contributed by atoms with Crippen molar-refractivity contribution in [2.75, 3.05) is 5.32 Å². The van der Waals surface area contributed by atoms with Crippen LogP contribution in [0, 0.1) is 0 Å². The molecule has 0 bridgehead atoms. The Bertz CT molecular complexity index is 885. The van der Waals surface area contributed by atoms with Gasteiger partial charge in [0.2, 0.25) is 12.3 Å². The smallest absolute Gasteiger partial charge is 0.247 e. The first-order chi connectivity index (χ1) is 11.4. The predicted molar refractivity (Wildman–Crippen MR) is 92.5 cm³/mol. The molecule has 1 N–H and O–H groups in total. The Balaban J connectivity index is 1.46. The van der Waals surface area contributed by atoms with E-state index < -0.39 is 0 Å². The Hall–Kier alpha value is -2.51. The number of hydrogen-bond donors (Lipinski definition) is 1. The van der Waals surface area contributed by atoms with E-state index in [1.54, 1.807) is 22.7 Å². The lowest BCUT2D eigenvalue weighted by Gasteiger charge is -2.05. The van der Waals surface area contributed by atoms with Crippen LogP contribution in [0.4, 0.5) is 5.69 Å². The molecule has 0 atom stereocenters. The molecular formula is C16H12N4OS2. The van der Waals surface area contributed by atoms with Crippen LogP contribution < -0.4 is 5.32 Å². The highest BCUT2D eigenvalue weighted by Gasteiger charge is 2.06. The lowest BCUT2D eigenvalue weighted by Crippen LogP contribution is -1.99. The van der Waals surface area contributed by atoms with Crippen molar-refractivity contribution in [2.24, 2.45) is 0 Å². The normalized spacial score (nSPS) is 10.8. The number of aromatic nitrogens is 3. The number of thiophene rings is 1. The Morgan fingerprint density at radius 1 is 1.13 bits per heavy atom. The Morgan fingerprint density at radius 3 is 2.96 bits per heavy atom. The van der Waals surface area contributed by atoms with Gasteiger partial charge in [-0.2, -0.15) is 11.3 Å². The first kappa shape index (κ1) is 14.1. The molecule has 0 spiro atoms. The van der Waals surface area contributed by atoms with Gasteiger partial charge in [-0.3, -0.25) is 0 Å². The predicted octanol–water partition coefficient (Wildman–Crippen LogP) is 4.53. The highest BCUT2D eigenvalue weighted by atomic mass is 32.1. The van der Waals surface area contributed by atoms with E-state index in [9.17, 15) is 0 Å². The van der Waals surface area contributed by atoms with Crippen LogP contribution in [0.1, 0.15) is 5.69 Å². The molecular weight excluding hydrogens is 328 g/mol. The SMILES string of the molecule is c1cc(NCc2csc(-c3ccsc3)n2)cc(-c2nnco2)c1. The Morgan fingerprint density at radius 2 is 2.13 bits per heavy atom. The van der Waals surface area contributed by atoms with Gasteiger partial charge in [0.15, 0.2) is 0 Å². The van der Waals surface area contributed by atoms with Gasteiger partial charge < -0.3 is 9.73 Å². The zero-order chi connectivity index (χ0) is 15.5. The third kappa shape index (κ3) is 3.15. The minimum Gasteiger partial charge on any atom is -0.423 e. The maximum atomic E-state index is 5.22. The molecule has 0 saturated carbocycles. The van der Waals surface area contributed by atoms with E-state index in [0.29, 0.717) is 12.4 Å².